The zero-order valence-electron chi connectivity index (χ0n) is 13.6. The smallest absolute Gasteiger partial charge is 0.272 e. The van der Waals surface area contributed by atoms with E-state index in [1.54, 1.807) is 44.5 Å². The molecule has 1 atom stereocenters. The van der Waals surface area contributed by atoms with Crippen LogP contribution in [0.15, 0.2) is 35.5 Å². The normalized spacial score (nSPS) is 18.7. The largest absolute Gasteiger partial charge is 0.345 e. The van der Waals surface area contributed by atoms with Crippen molar-refractivity contribution in [2.75, 3.05) is 5.32 Å². The summed E-state index contributed by atoms with van der Waals surface area (Å²) >= 11 is 0. The summed E-state index contributed by atoms with van der Waals surface area (Å²) in [5.74, 6) is -0.376. The fourth-order valence-corrected chi connectivity index (χ4v) is 4.12. The number of amides is 1. The number of aromatic nitrogens is 2. The highest BCUT2D eigenvalue weighted by Gasteiger charge is 2.29. The van der Waals surface area contributed by atoms with Crippen molar-refractivity contribution in [2.24, 2.45) is 7.05 Å². The average molecular weight is 346 g/mol. The Kier molecular flexibility index (Phi) is 4.02. The van der Waals surface area contributed by atoms with E-state index in [2.05, 4.69) is 15.0 Å². The lowest BCUT2D eigenvalue weighted by molar-refractivity contribution is 0.101. The fourth-order valence-electron chi connectivity index (χ4n) is 2.68. The standard InChI is InChI=1S/C16H18N4O3S/c1-10-4-5-13-14(24(22,23)19-10)9-20(3)15(13)16(21)18-12-6-7-17-11(2)8-12/h4-10,19H,1-3H3,(H,17,18,21)/t10-/m0/s1. The molecule has 0 saturated carbocycles. The summed E-state index contributed by atoms with van der Waals surface area (Å²) < 4.78 is 28.8. The van der Waals surface area contributed by atoms with Crippen LogP contribution >= 0.6 is 0 Å². The van der Waals surface area contributed by atoms with E-state index in [1.807, 2.05) is 6.92 Å². The van der Waals surface area contributed by atoms with Crippen LogP contribution in [0.4, 0.5) is 5.69 Å². The highest BCUT2D eigenvalue weighted by atomic mass is 32.2. The molecule has 7 nitrogen and oxygen atoms in total. The summed E-state index contributed by atoms with van der Waals surface area (Å²) in [5, 5.41) is 2.79. The molecule has 2 aromatic heterocycles. The van der Waals surface area contributed by atoms with Crippen molar-refractivity contribution >= 4 is 27.7 Å². The second kappa shape index (κ2) is 5.88. The van der Waals surface area contributed by atoms with E-state index in [4.69, 9.17) is 0 Å². The van der Waals surface area contributed by atoms with Gasteiger partial charge in [-0.25, -0.2) is 13.1 Å². The lowest BCUT2D eigenvalue weighted by Crippen LogP contribution is -2.30. The number of pyridine rings is 1. The van der Waals surface area contributed by atoms with Gasteiger partial charge in [-0.2, -0.15) is 0 Å². The quantitative estimate of drug-likeness (QED) is 0.865. The van der Waals surface area contributed by atoms with Crippen molar-refractivity contribution in [3.05, 3.63) is 47.6 Å². The average Bonchev–Trinajstić information content (AvgIpc) is 2.77. The van der Waals surface area contributed by atoms with Gasteiger partial charge in [0.25, 0.3) is 5.91 Å². The molecule has 0 fully saturated rings. The van der Waals surface area contributed by atoms with E-state index in [9.17, 15) is 13.2 Å². The van der Waals surface area contributed by atoms with Gasteiger partial charge in [-0.3, -0.25) is 9.78 Å². The molecule has 0 aromatic carbocycles. The summed E-state index contributed by atoms with van der Waals surface area (Å²) in [6.07, 6.45) is 6.44. The number of rotatable bonds is 2. The molecule has 0 saturated heterocycles. The number of carbonyl (C=O) groups is 1. The van der Waals surface area contributed by atoms with Gasteiger partial charge < -0.3 is 9.88 Å². The van der Waals surface area contributed by atoms with E-state index in [0.717, 1.165) is 5.69 Å². The number of nitrogens with one attached hydrogen (secondary N) is 2. The maximum atomic E-state index is 12.7. The summed E-state index contributed by atoms with van der Waals surface area (Å²) in [6, 6.07) is 3.09. The first-order chi connectivity index (χ1) is 11.3. The number of fused-ring (bicyclic) bond motifs is 1. The Bertz CT molecular complexity index is 944. The minimum Gasteiger partial charge on any atom is -0.345 e. The summed E-state index contributed by atoms with van der Waals surface area (Å²) in [4.78, 5) is 16.9. The number of hydrogen-bond acceptors (Lipinski definition) is 4. The Morgan fingerprint density at radius 3 is 2.88 bits per heavy atom. The van der Waals surface area contributed by atoms with Crippen LogP contribution in [0.5, 0.6) is 0 Å². The lowest BCUT2D eigenvalue weighted by Gasteiger charge is -2.08. The Labute approximate surface area is 140 Å². The summed E-state index contributed by atoms with van der Waals surface area (Å²) in [6.45, 7) is 3.56. The maximum absolute atomic E-state index is 12.7. The van der Waals surface area contributed by atoms with Gasteiger partial charge in [0.1, 0.15) is 10.6 Å². The van der Waals surface area contributed by atoms with Crippen LogP contribution in [0.2, 0.25) is 0 Å². The van der Waals surface area contributed by atoms with Gasteiger partial charge in [-0.15, -0.1) is 0 Å². The predicted octanol–water partition coefficient (Wildman–Crippen LogP) is 1.67. The molecule has 126 valence electrons. The van der Waals surface area contributed by atoms with Gasteiger partial charge in [0.2, 0.25) is 10.0 Å². The first-order valence-electron chi connectivity index (χ1n) is 7.42. The van der Waals surface area contributed by atoms with Crippen molar-refractivity contribution < 1.29 is 13.2 Å². The monoisotopic (exact) mass is 346 g/mol. The predicted molar refractivity (Wildman–Crippen MR) is 91.2 cm³/mol. The van der Waals surface area contributed by atoms with Crippen LogP contribution in [0.1, 0.15) is 28.7 Å². The highest BCUT2D eigenvalue weighted by Crippen LogP contribution is 2.26. The number of hydrogen-bond donors (Lipinski definition) is 2. The molecule has 0 unspecified atom stereocenters. The molecule has 1 amide bonds. The lowest BCUT2D eigenvalue weighted by atomic mass is 10.2. The molecular weight excluding hydrogens is 328 g/mol. The maximum Gasteiger partial charge on any atom is 0.272 e. The Morgan fingerprint density at radius 2 is 2.17 bits per heavy atom. The Balaban J connectivity index is 2.05. The number of sulfonamides is 1. The van der Waals surface area contributed by atoms with Crippen LogP contribution in [-0.4, -0.2) is 29.9 Å². The number of anilines is 1. The zero-order valence-corrected chi connectivity index (χ0v) is 14.4. The molecule has 24 heavy (non-hydrogen) atoms. The molecule has 0 aliphatic carbocycles. The molecular formula is C16H18N4O3S. The molecule has 2 N–H and O–H groups in total. The Hall–Kier alpha value is -2.45. The third-order valence-corrected chi connectivity index (χ3v) is 5.32. The van der Waals surface area contributed by atoms with E-state index in [0.29, 0.717) is 11.3 Å². The second-order valence-corrected chi connectivity index (χ2v) is 7.46. The minimum absolute atomic E-state index is 0.0988. The molecule has 8 heteroatoms. The molecule has 0 bridgehead atoms. The van der Waals surface area contributed by atoms with Crippen molar-refractivity contribution in [2.45, 2.75) is 24.8 Å². The molecule has 0 radical (unpaired) electrons. The van der Waals surface area contributed by atoms with Gasteiger partial charge in [0.15, 0.2) is 0 Å². The van der Waals surface area contributed by atoms with Gasteiger partial charge in [-0.1, -0.05) is 12.2 Å². The van der Waals surface area contributed by atoms with Gasteiger partial charge in [0.05, 0.1) is 0 Å². The van der Waals surface area contributed by atoms with Crippen LogP contribution in [-0.2, 0) is 17.1 Å². The highest BCUT2D eigenvalue weighted by molar-refractivity contribution is 7.89. The van der Waals surface area contributed by atoms with Crippen LogP contribution < -0.4 is 10.0 Å². The van der Waals surface area contributed by atoms with E-state index in [1.165, 1.54) is 10.8 Å². The van der Waals surface area contributed by atoms with Crippen LogP contribution in [0.25, 0.3) is 6.08 Å². The van der Waals surface area contributed by atoms with E-state index < -0.39 is 10.0 Å². The SMILES string of the molecule is Cc1cc(NC(=O)c2c3c(cn2C)S(=O)(=O)N[C@@H](C)C=C3)ccn1. The number of carbonyl (C=O) groups excluding carboxylic acids is 1. The molecule has 1 aliphatic heterocycles. The second-order valence-electron chi connectivity index (χ2n) is 5.78. The molecule has 3 rings (SSSR count). The topological polar surface area (TPSA) is 93.1 Å². The van der Waals surface area contributed by atoms with Crippen molar-refractivity contribution in [1.29, 1.82) is 0 Å². The Morgan fingerprint density at radius 1 is 1.42 bits per heavy atom. The molecule has 1 aliphatic rings. The molecule has 0 spiro atoms. The third kappa shape index (κ3) is 2.98. The van der Waals surface area contributed by atoms with E-state index >= 15 is 0 Å². The molecule has 3 heterocycles. The van der Waals surface area contributed by atoms with Crippen molar-refractivity contribution in [1.82, 2.24) is 14.3 Å². The number of nitrogens with zero attached hydrogens (tertiary/aromatic N) is 2. The minimum atomic E-state index is -3.67. The van der Waals surface area contributed by atoms with Crippen LogP contribution in [0.3, 0.4) is 0 Å². The van der Waals surface area contributed by atoms with Crippen molar-refractivity contribution in [3.8, 4) is 0 Å². The fraction of sp³-hybridized carbons (Fsp3) is 0.250. The van der Waals surface area contributed by atoms with Gasteiger partial charge in [-0.05, 0) is 26.0 Å². The first-order valence-corrected chi connectivity index (χ1v) is 8.90. The van der Waals surface area contributed by atoms with Gasteiger partial charge in [0, 0.05) is 42.4 Å². The van der Waals surface area contributed by atoms with Gasteiger partial charge >= 0.3 is 0 Å². The van der Waals surface area contributed by atoms with E-state index in [-0.39, 0.29) is 22.5 Å². The third-order valence-electron chi connectivity index (χ3n) is 3.74. The summed E-state index contributed by atoms with van der Waals surface area (Å²) in [5.41, 5.74) is 2.06. The summed E-state index contributed by atoms with van der Waals surface area (Å²) in [7, 11) is -2.02. The zero-order chi connectivity index (χ0) is 17.5. The molecule has 2 aromatic rings. The van der Waals surface area contributed by atoms with Crippen molar-refractivity contribution in [3.63, 3.8) is 0 Å². The number of aryl methyl sites for hydroxylation is 2. The van der Waals surface area contributed by atoms with Crippen LogP contribution in [0, 0.1) is 6.92 Å². The first kappa shape index (κ1) is 16.4.